The third-order valence-electron chi connectivity index (χ3n) is 4.72. The van der Waals surface area contributed by atoms with Gasteiger partial charge in [0.1, 0.15) is 28.8 Å². The van der Waals surface area contributed by atoms with E-state index in [4.69, 9.17) is 0 Å². The Kier molecular flexibility index (Phi) is 5.59. The first-order chi connectivity index (χ1) is 14.0. The normalized spacial score (nSPS) is 12.2. The lowest BCUT2D eigenvalue weighted by Gasteiger charge is -2.15. The molecule has 0 aliphatic rings. The summed E-state index contributed by atoms with van der Waals surface area (Å²) in [5.41, 5.74) is 3.14. The van der Waals surface area contributed by atoms with Crippen molar-refractivity contribution in [1.29, 1.82) is 0 Å². The Morgan fingerprint density at radius 2 is 2.00 bits per heavy atom. The molecule has 1 N–H and O–H groups in total. The van der Waals surface area contributed by atoms with Gasteiger partial charge in [0.05, 0.1) is 17.5 Å². The van der Waals surface area contributed by atoms with Crippen molar-refractivity contribution >= 4 is 39.2 Å². The van der Waals surface area contributed by atoms with Crippen molar-refractivity contribution in [2.75, 3.05) is 5.75 Å². The van der Waals surface area contributed by atoms with E-state index in [0.717, 1.165) is 26.5 Å². The third kappa shape index (κ3) is 4.15. The van der Waals surface area contributed by atoms with Gasteiger partial charge in [-0.1, -0.05) is 23.9 Å². The molecule has 0 saturated heterocycles. The summed E-state index contributed by atoms with van der Waals surface area (Å²) in [5.74, 6) is 0.279. The minimum atomic E-state index is -0.0940. The summed E-state index contributed by atoms with van der Waals surface area (Å²) in [6, 6.07) is 7.80. The minimum absolute atomic E-state index is 0.0285. The highest BCUT2D eigenvalue weighted by molar-refractivity contribution is 8.00. The maximum absolute atomic E-state index is 12.5. The summed E-state index contributed by atoms with van der Waals surface area (Å²) in [4.78, 5) is 27.4. The molecule has 4 aromatic rings. The minimum Gasteiger partial charge on any atom is -0.349 e. The Bertz CT molecular complexity index is 1140. The van der Waals surface area contributed by atoms with Gasteiger partial charge >= 0.3 is 0 Å². The predicted molar refractivity (Wildman–Crippen MR) is 116 cm³/mol. The number of nitrogens with zero attached hydrogens (tertiary/aromatic N) is 5. The quantitative estimate of drug-likeness (QED) is 0.374. The molecule has 0 radical (unpaired) electrons. The number of carbonyl (C=O) groups excluding carboxylic acids is 1. The Hall–Kier alpha value is -2.78. The molecule has 0 bridgehead atoms. The summed E-state index contributed by atoms with van der Waals surface area (Å²) in [5, 5.41) is 9.09. The van der Waals surface area contributed by atoms with Gasteiger partial charge in [0.25, 0.3) is 0 Å². The number of aryl methyl sites for hydroxylation is 2. The number of thiophene rings is 1. The van der Waals surface area contributed by atoms with Gasteiger partial charge in [-0.05, 0) is 44.0 Å². The molecule has 0 saturated carbocycles. The first-order valence-corrected chi connectivity index (χ1v) is 10.9. The van der Waals surface area contributed by atoms with Crippen LogP contribution < -0.4 is 5.32 Å². The molecule has 0 fully saturated rings. The highest BCUT2D eigenvalue weighted by Gasteiger charge is 2.15. The number of hydrogen-bond donors (Lipinski definition) is 1. The Morgan fingerprint density at radius 1 is 1.21 bits per heavy atom. The average Bonchev–Trinajstić information content (AvgIpc) is 3.35. The zero-order valence-electron chi connectivity index (χ0n) is 16.3. The molecule has 1 aromatic carbocycles. The first kappa shape index (κ1) is 19.5. The van der Waals surface area contributed by atoms with E-state index in [9.17, 15) is 4.79 Å². The smallest absolute Gasteiger partial charge is 0.230 e. The van der Waals surface area contributed by atoms with Gasteiger partial charge in [-0.25, -0.2) is 19.6 Å². The van der Waals surface area contributed by atoms with Crippen molar-refractivity contribution in [1.82, 2.24) is 30.0 Å². The number of nitrogens with one attached hydrogen (secondary N) is 1. The topological polar surface area (TPSA) is 85.6 Å². The zero-order chi connectivity index (χ0) is 20.4. The van der Waals surface area contributed by atoms with Crippen LogP contribution in [0, 0.1) is 13.8 Å². The van der Waals surface area contributed by atoms with E-state index in [-0.39, 0.29) is 11.9 Å². The summed E-state index contributed by atoms with van der Waals surface area (Å²) in [6.07, 6.45) is 4.72. The summed E-state index contributed by atoms with van der Waals surface area (Å²) in [6.45, 7) is 6.13. The van der Waals surface area contributed by atoms with Crippen LogP contribution in [0.1, 0.15) is 29.0 Å². The van der Waals surface area contributed by atoms with E-state index in [1.165, 1.54) is 28.5 Å². The van der Waals surface area contributed by atoms with E-state index in [2.05, 4.69) is 39.2 Å². The lowest BCUT2D eigenvalue weighted by atomic mass is 10.1. The van der Waals surface area contributed by atoms with Crippen LogP contribution in [0.15, 0.2) is 48.3 Å². The summed E-state index contributed by atoms with van der Waals surface area (Å²) < 4.78 is 1.69. The molecule has 0 spiro atoms. The molecular weight excluding hydrogens is 404 g/mol. The third-order valence-corrected chi connectivity index (χ3v) is 6.83. The molecular formula is C20H20N6OS2. The maximum atomic E-state index is 12.5. The predicted octanol–water partition coefficient (Wildman–Crippen LogP) is 3.86. The highest BCUT2D eigenvalue weighted by Crippen LogP contribution is 2.34. The molecule has 1 atom stereocenters. The van der Waals surface area contributed by atoms with Crippen LogP contribution in [0.4, 0.5) is 0 Å². The van der Waals surface area contributed by atoms with Gasteiger partial charge in [0.2, 0.25) is 5.91 Å². The number of thioether (sulfide) groups is 1. The molecule has 7 nitrogen and oxygen atoms in total. The van der Waals surface area contributed by atoms with E-state index in [0.29, 0.717) is 5.75 Å². The largest absolute Gasteiger partial charge is 0.349 e. The first-order valence-electron chi connectivity index (χ1n) is 9.10. The second-order valence-electron chi connectivity index (χ2n) is 6.65. The molecule has 148 valence electrons. The van der Waals surface area contributed by atoms with Crippen LogP contribution in [-0.2, 0) is 4.79 Å². The van der Waals surface area contributed by atoms with Crippen molar-refractivity contribution in [2.24, 2.45) is 0 Å². The maximum Gasteiger partial charge on any atom is 0.230 e. The number of carbonyl (C=O) groups is 1. The number of hydrogen-bond acceptors (Lipinski definition) is 7. The Morgan fingerprint density at radius 3 is 2.72 bits per heavy atom. The number of aromatic nitrogens is 5. The van der Waals surface area contributed by atoms with E-state index in [1.807, 2.05) is 31.2 Å². The Labute approximate surface area is 176 Å². The van der Waals surface area contributed by atoms with Crippen LogP contribution in [0.3, 0.4) is 0 Å². The fourth-order valence-corrected chi connectivity index (χ4v) is 4.95. The molecule has 3 heterocycles. The van der Waals surface area contributed by atoms with Crippen LogP contribution >= 0.6 is 23.1 Å². The van der Waals surface area contributed by atoms with Crippen LogP contribution in [0.2, 0.25) is 0 Å². The molecule has 0 aliphatic heterocycles. The van der Waals surface area contributed by atoms with Gasteiger partial charge in [-0.15, -0.1) is 11.3 Å². The van der Waals surface area contributed by atoms with Crippen LogP contribution in [0.25, 0.3) is 15.9 Å². The van der Waals surface area contributed by atoms with Crippen molar-refractivity contribution in [3.63, 3.8) is 0 Å². The van der Waals surface area contributed by atoms with Crippen molar-refractivity contribution in [3.05, 3.63) is 59.3 Å². The molecule has 1 unspecified atom stereocenters. The van der Waals surface area contributed by atoms with Gasteiger partial charge < -0.3 is 5.32 Å². The number of benzene rings is 1. The van der Waals surface area contributed by atoms with Crippen molar-refractivity contribution in [2.45, 2.75) is 31.8 Å². The van der Waals surface area contributed by atoms with E-state index < -0.39 is 0 Å². The summed E-state index contributed by atoms with van der Waals surface area (Å²) >= 11 is 3.11. The SMILES string of the molecule is Cc1sc2ncnc(SCC(=O)NC(C)c3ccc(-n4cncn4)cc3)c2c1C. The molecule has 3 aromatic heterocycles. The second-order valence-corrected chi connectivity index (χ2v) is 8.82. The van der Waals surface area contributed by atoms with Crippen LogP contribution in [-0.4, -0.2) is 36.4 Å². The lowest BCUT2D eigenvalue weighted by Crippen LogP contribution is -2.28. The fraction of sp³-hybridized carbons (Fsp3) is 0.250. The number of amides is 1. The highest BCUT2D eigenvalue weighted by atomic mass is 32.2. The average molecular weight is 425 g/mol. The van der Waals surface area contributed by atoms with E-state index in [1.54, 1.807) is 28.7 Å². The fourth-order valence-electron chi connectivity index (χ4n) is 3.02. The standard InChI is InChI=1S/C20H20N6OS2/c1-12-14(3)29-20-18(12)19(22-10-23-20)28-8-17(27)25-13(2)15-4-6-16(7-5-15)26-11-21-9-24-26/h4-7,9-11,13H,8H2,1-3H3,(H,25,27). The number of fused-ring (bicyclic) bond motifs is 1. The molecule has 29 heavy (non-hydrogen) atoms. The molecule has 0 aliphatic carbocycles. The van der Waals surface area contributed by atoms with E-state index >= 15 is 0 Å². The second kappa shape index (κ2) is 8.30. The van der Waals surface area contributed by atoms with Crippen molar-refractivity contribution in [3.8, 4) is 5.69 Å². The lowest BCUT2D eigenvalue weighted by molar-refractivity contribution is -0.119. The molecule has 9 heteroatoms. The molecule has 4 rings (SSSR count). The molecule has 1 amide bonds. The monoisotopic (exact) mass is 424 g/mol. The van der Waals surface area contributed by atoms with Gasteiger partial charge in [0.15, 0.2) is 0 Å². The number of rotatable bonds is 6. The van der Waals surface area contributed by atoms with Crippen LogP contribution in [0.5, 0.6) is 0 Å². The zero-order valence-corrected chi connectivity index (χ0v) is 17.9. The van der Waals surface area contributed by atoms with Crippen molar-refractivity contribution < 1.29 is 4.79 Å². The van der Waals surface area contributed by atoms with Gasteiger partial charge in [0, 0.05) is 10.3 Å². The summed E-state index contributed by atoms with van der Waals surface area (Å²) in [7, 11) is 0. The van der Waals surface area contributed by atoms with Gasteiger partial charge in [-0.3, -0.25) is 4.79 Å². The Balaban J connectivity index is 1.39. The van der Waals surface area contributed by atoms with Gasteiger partial charge in [-0.2, -0.15) is 5.10 Å².